The molecule has 17 heavy (non-hydrogen) atoms. The molecule has 0 radical (unpaired) electrons. The van der Waals surface area contributed by atoms with E-state index in [1.165, 1.54) is 0 Å². The fourth-order valence-electron chi connectivity index (χ4n) is 1.55. The number of benzene rings is 1. The normalized spacial score (nSPS) is 10.6. The molecular weight excluding hydrogens is 259 g/mol. The van der Waals surface area contributed by atoms with Gasteiger partial charge in [-0.25, -0.2) is 0 Å². The molecule has 0 unspecified atom stereocenters. The highest BCUT2D eigenvalue weighted by atomic mass is 35.5. The summed E-state index contributed by atoms with van der Waals surface area (Å²) in [5.41, 5.74) is 1.77. The topological polar surface area (TPSA) is 37.9 Å². The summed E-state index contributed by atoms with van der Waals surface area (Å²) in [4.78, 5) is 0. The van der Waals surface area contributed by atoms with E-state index in [0.717, 1.165) is 23.6 Å². The number of hydrogen-bond donors (Lipinski definition) is 1. The number of H-pyrrole nitrogens is 1. The number of aromatic amines is 1. The maximum Gasteiger partial charge on any atom is 0.171 e. The molecule has 0 fully saturated rings. The van der Waals surface area contributed by atoms with Crippen LogP contribution in [0.4, 0.5) is 0 Å². The first kappa shape index (κ1) is 12.3. The molecule has 2 rings (SSSR count). The van der Waals surface area contributed by atoms with Crippen molar-refractivity contribution in [2.24, 2.45) is 0 Å². The zero-order chi connectivity index (χ0) is 12.4. The lowest BCUT2D eigenvalue weighted by atomic mass is 10.3. The van der Waals surface area contributed by atoms with Gasteiger partial charge in [-0.2, -0.15) is 5.10 Å². The second kappa shape index (κ2) is 4.98. The Hall–Kier alpha value is -1.19. The van der Waals surface area contributed by atoms with Gasteiger partial charge in [0.25, 0.3) is 0 Å². The van der Waals surface area contributed by atoms with Crippen molar-refractivity contribution >= 4 is 23.2 Å². The molecular formula is C12H12Cl2N2O. The summed E-state index contributed by atoms with van der Waals surface area (Å²) in [5.74, 6) is 1.35. The van der Waals surface area contributed by atoms with Crippen LogP contribution in [0.25, 0.3) is 0 Å². The van der Waals surface area contributed by atoms with E-state index in [-0.39, 0.29) is 0 Å². The SMILES string of the molecule is CCc1n[nH]c(C)c1Oc1cc(Cl)cc(Cl)c1. The minimum Gasteiger partial charge on any atom is -0.453 e. The molecule has 5 heteroatoms. The van der Waals surface area contributed by atoms with Gasteiger partial charge in [-0.05, 0) is 31.5 Å². The Morgan fingerprint density at radius 1 is 1.24 bits per heavy atom. The molecule has 90 valence electrons. The van der Waals surface area contributed by atoms with Crippen LogP contribution in [0.3, 0.4) is 0 Å². The fraction of sp³-hybridized carbons (Fsp3) is 0.250. The maximum atomic E-state index is 5.92. The van der Waals surface area contributed by atoms with Crippen molar-refractivity contribution in [3.63, 3.8) is 0 Å². The predicted octanol–water partition coefficient (Wildman–Crippen LogP) is 4.38. The molecule has 0 atom stereocenters. The maximum absolute atomic E-state index is 5.92. The molecule has 1 N–H and O–H groups in total. The number of halogens is 2. The number of nitrogens with one attached hydrogen (secondary N) is 1. The van der Waals surface area contributed by atoms with E-state index in [9.17, 15) is 0 Å². The van der Waals surface area contributed by atoms with Crippen LogP contribution < -0.4 is 4.74 Å². The second-order valence-electron chi connectivity index (χ2n) is 3.69. The van der Waals surface area contributed by atoms with Crippen molar-refractivity contribution in [2.45, 2.75) is 20.3 Å². The lowest BCUT2D eigenvalue weighted by Gasteiger charge is -2.07. The number of rotatable bonds is 3. The van der Waals surface area contributed by atoms with Crippen LogP contribution in [0.1, 0.15) is 18.3 Å². The summed E-state index contributed by atoms with van der Waals surface area (Å²) in [6.07, 6.45) is 0.800. The summed E-state index contributed by atoms with van der Waals surface area (Å²) in [6, 6.07) is 5.11. The van der Waals surface area contributed by atoms with Gasteiger partial charge in [0.1, 0.15) is 11.4 Å². The highest BCUT2D eigenvalue weighted by molar-refractivity contribution is 6.34. The third-order valence-electron chi connectivity index (χ3n) is 2.35. The Balaban J connectivity index is 2.33. The Labute approximate surface area is 110 Å². The van der Waals surface area contributed by atoms with Crippen LogP contribution in [0.15, 0.2) is 18.2 Å². The van der Waals surface area contributed by atoms with Gasteiger partial charge in [0, 0.05) is 10.0 Å². The molecule has 0 bridgehead atoms. The van der Waals surface area contributed by atoms with Gasteiger partial charge in [0.2, 0.25) is 0 Å². The molecule has 0 aliphatic carbocycles. The third-order valence-corrected chi connectivity index (χ3v) is 2.79. The molecule has 1 aromatic heterocycles. The Kier molecular flexibility index (Phi) is 3.60. The summed E-state index contributed by atoms with van der Waals surface area (Å²) in [5, 5.41) is 8.15. The zero-order valence-electron chi connectivity index (χ0n) is 9.55. The Bertz CT molecular complexity index is 517. The first-order valence-electron chi connectivity index (χ1n) is 5.28. The molecule has 0 aliphatic rings. The lowest BCUT2D eigenvalue weighted by molar-refractivity contribution is 0.473. The van der Waals surface area contributed by atoms with Crippen molar-refractivity contribution in [1.29, 1.82) is 0 Å². The van der Waals surface area contributed by atoms with Crippen LogP contribution in [0.5, 0.6) is 11.5 Å². The average Bonchev–Trinajstić information content (AvgIpc) is 2.59. The number of aryl methyl sites for hydroxylation is 2. The largest absolute Gasteiger partial charge is 0.453 e. The van der Waals surface area contributed by atoms with Gasteiger partial charge < -0.3 is 4.74 Å². The minimum absolute atomic E-state index is 0.548. The molecule has 0 aliphatic heterocycles. The molecule has 0 saturated heterocycles. The van der Waals surface area contributed by atoms with E-state index in [1.807, 2.05) is 13.8 Å². The van der Waals surface area contributed by atoms with Gasteiger partial charge >= 0.3 is 0 Å². The van der Waals surface area contributed by atoms with Crippen molar-refractivity contribution in [2.75, 3.05) is 0 Å². The highest BCUT2D eigenvalue weighted by Gasteiger charge is 2.11. The second-order valence-corrected chi connectivity index (χ2v) is 4.56. The standard InChI is InChI=1S/C12H12Cl2N2O/c1-3-11-12(7(2)15-16-11)17-10-5-8(13)4-9(14)6-10/h4-6H,3H2,1-2H3,(H,15,16). The number of aromatic nitrogens is 2. The van der Waals surface area contributed by atoms with E-state index in [0.29, 0.717) is 15.8 Å². The Morgan fingerprint density at radius 2 is 1.88 bits per heavy atom. The molecule has 0 amide bonds. The third kappa shape index (κ3) is 2.73. The van der Waals surface area contributed by atoms with Crippen LogP contribution >= 0.6 is 23.2 Å². The van der Waals surface area contributed by atoms with Crippen molar-refractivity contribution in [1.82, 2.24) is 10.2 Å². The molecule has 0 saturated carbocycles. The average molecular weight is 271 g/mol. The van der Waals surface area contributed by atoms with Crippen molar-refractivity contribution in [3.8, 4) is 11.5 Å². The monoisotopic (exact) mass is 270 g/mol. The summed E-state index contributed by atoms with van der Waals surface area (Å²) < 4.78 is 5.77. The Morgan fingerprint density at radius 3 is 2.47 bits per heavy atom. The van der Waals surface area contributed by atoms with Crippen molar-refractivity contribution < 1.29 is 4.74 Å². The van der Waals surface area contributed by atoms with Crippen LogP contribution in [0.2, 0.25) is 10.0 Å². The highest BCUT2D eigenvalue weighted by Crippen LogP contribution is 2.31. The van der Waals surface area contributed by atoms with Gasteiger partial charge in [0.05, 0.1) is 5.69 Å². The van der Waals surface area contributed by atoms with E-state index in [1.54, 1.807) is 18.2 Å². The van der Waals surface area contributed by atoms with Gasteiger partial charge in [-0.3, -0.25) is 5.10 Å². The van der Waals surface area contributed by atoms with E-state index in [4.69, 9.17) is 27.9 Å². The molecule has 1 heterocycles. The van der Waals surface area contributed by atoms with E-state index >= 15 is 0 Å². The minimum atomic E-state index is 0.548. The van der Waals surface area contributed by atoms with Crippen molar-refractivity contribution in [3.05, 3.63) is 39.6 Å². The van der Waals surface area contributed by atoms with Gasteiger partial charge in [0.15, 0.2) is 5.75 Å². The van der Waals surface area contributed by atoms with Gasteiger partial charge in [-0.1, -0.05) is 30.1 Å². The molecule has 2 aromatic rings. The first-order chi connectivity index (χ1) is 8.10. The summed E-state index contributed by atoms with van der Waals surface area (Å²) in [7, 11) is 0. The smallest absolute Gasteiger partial charge is 0.171 e. The fourth-order valence-corrected chi connectivity index (χ4v) is 2.06. The quantitative estimate of drug-likeness (QED) is 0.899. The molecule has 1 aromatic carbocycles. The summed E-state index contributed by atoms with van der Waals surface area (Å²) >= 11 is 11.8. The van der Waals surface area contributed by atoms with Crippen LogP contribution in [-0.4, -0.2) is 10.2 Å². The van der Waals surface area contributed by atoms with Crippen LogP contribution in [-0.2, 0) is 6.42 Å². The number of ether oxygens (including phenoxy) is 1. The zero-order valence-corrected chi connectivity index (χ0v) is 11.1. The molecule has 3 nitrogen and oxygen atoms in total. The van der Waals surface area contributed by atoms with E-state index < -0.39 is 0 Å². The number of nitrogens with zero attached hydrogens (tertiary/aromatic N) is 1. The number of hydrogen-bond acceptors (Lipinski definition) is 2. The van der Waals surface area contributed by atoms with Crippen LogP contribution in [0, 0.1) is 6.92 Å². The first-order valence-corrected chi connectivity index (χ1v) is 6.03. The predicted molar refractivity (Wildman–Crippen MR) is 69.2 cm³/mol. The van der Waals surface area contributed by atoms with Gasteiger partial charge in [-0.15, -0.1) is 0 Å². The van der Waals surface area contributed by atoms with E-state index in [2.05, 4.69) is 10.2 Å². The molecule has 0 spiro atoms. The lowest BCUT2D eigenvalue weighted by Crippen LogP contribution is -1.89. The summed E-state index contributed by atoms with van der Waals surface area (Å²) in [6.45, 7) is 3.93.